The normalized spacial score (nSPS) is 12.2. The van der Waals surface area contributed by atoms with Crippen LogP contribution < -0.4 is 5.32 Å². The van der Waals surface area contributed by atoms with E-state index in [1.807, 2.05) is 19.1 Å². The lowest BCUT2D eigenvalue weighted by Crippen LogP contribution is -2.36. The van der Waals surface area contributed by atoms with E-state index in [1.165, 1.54) is 33.7 Å². The molecule has 3 aromatic rings. The predicted molar refractivity (Wildman–Crippen MR) is 85.3 cm³/mol. The molecule has 1 aromatic heterocycles. The molecule has 112 valence electrons. The number of amides is 1. The zero-order valence-corrected chi connectivity index (χ0v) is 12.4. The van der Waals surface area contributed by atoms with E-state index in [-0.39, 0.29) is 18.5 Å². The first-order valence-corrected chi connectivity index (χ1v) is 7.30. The fourth-order valence-corrected chi connectivity index (χ4v) is 2.55. The van der Waals surface area contributed by atoms with E-state index in [9.17, 15) is 4.79 Å². The van der Waals surface area contributed by atoms with Gasteiger partial charge >= 0.3 is 0 Å². The Kier molecular flexibility index (Phi) is 4.14. The average molecular weight is 294 g/mol. The molecule has 0 radical (unpaired) electrons. The maximum atomic E-state index is 11.9. The molecule has 1 amide bonds. The highest BCUT2D eigenvalue weighted by molar-refractivity contribution is 5.83. The summed E-state index contributed by atoms with van der Waals surface area (Å²) < 4.78 is 1.51. The van der Waals surface area contributed by atoms with Crippen LogP contribution in [0.2, 0.25) is 0 Å². The second kappa shape index (κ2) is 6.39. The first kappa shape index (κ1) is 14.3. The van der Waals surface area contributed by atoms with Crippen LogP contribution in [0.3, 0.4) is 0 Å². The Morgan fingerprint density at radius 2 is 2.05 bits per heavy atom. The predicted octanol–water partition coefficient (Wildman–Crippen LogP) is 2.18. The number of hydrogen-bond acceptors (Lipinski definition) is 3. The smallest absolute Gasteiger partial charge is 0.242 e. The van der Waals surface area contributed by atoms with Gasteiger partial charge in [0, 0.05) is 6.04 Å². The Morgan fingerprint density at radius 1 is 1.23 bits per heavy atom. The second-order valence-electron chi connectivity index (χ2n) is 5.45. The molecule has 1 heterocycles. The number of nitrogens with zero attached hydrogens (tertiary/aromatic N) is 3. The number of benzene rings is 2. The van der Waals surface area contributed by atoms with Crippen molar-refractivity contribution in [1.82, 2.24) is 20.1 Å². The molecule has 0 bridgehead atoms. The highest BCUT2D eigenvalue weighted by atomic mass is 16.2. The molecule has 5 nitrogen and oxygen atoms in total. The van der Waals surface area contributed by atoms with Gasteiger partial charge in [0.25, 0.3) is 0 Å². The molecule has 1 unspecified atom stereocenters. The third kappa shape index (κ3) is 3.49. The molecule has 0 aliphatic carbocycles. The van der Waals surface area contributed by atoms with Gasteiger partial charge in [-0.2, -0.15) is 5.10 Å². The van der Waals surface area contributed by atoms with Crippen molar-refractivity contribution in [3.8, 4) is 0 Å². The zero-order valence-electron chi connectivity index (χ0n) is 12.4. The van der Waals surface area contributed by atoms with Crippen LogP contribution in [-0.4, -0.2) is 26.7 Å². The molecule has 2 aromatic carbocycles. The summed E-state index contributed by atoms with van der Waals surface area (Å²) in [5, 5.41) is 9.37. The zero-order chi connectivity index (χ0) is 15.4. The molecule has 0 saturated carbocycles. The van der Waals surface area contributed by atoms with Gasteiger partial charge in [-0.25, -0.2) is 9.67 Å². The Morgan fingerprint density at radius 3 is 2.82 bits per heavy atom. The third-order valence-corrected chi connectivity index (χ3v) is 3.54. The summed E-state index contributed by atoms with van der Waals surface area (Å²) in [6.45, 7) is 2.20. The lowest BCUT2D eigenvalue weighted by molar-refractivity contribution is -0.122. The van der Waals surface area contributed by atoms with Crippen LogP contribution in [0.4, 0.5) is 0 Å². The van der Waals surface area contributed by atoms with Crippen LogP contribution in [-0.2, 0) is 17.8 Å². The van der Waals surface area contributed by atoms with Crippen molar-refractivity contribution in [2.75, 3.05) is 0 Å². The molecule has 0 spiro atoms. The number of carbonyl (C=O) groups excluding carboxylic acids is 1. The highest BCUT2D eigenvalue weighted by Crippen LogP contribution is 2.16. The van der Waals surface area contributed by atoms with E-state index in [0.29, 0.717) is 0 Å². The summed E-state index contributed by atoms with van der Waals surface area (Å²) in [5.74, 6) is -0.0567. The van der Waals surface area contributed by atoms with Gasteiger partial charge in [0.1, 0.15) is 19.2 Å². The van der Waals surface area contributed by atoms with Crippen molar-refractivity contribution in [2.24, 2.45) is 0 Å². The summed E-state index contributed by atoms with van der Waals surface area (Å²) in [4.78, 5) is 15.7. The SMILES string of the molecule is CC(Cc1ccc2ccccc2c1)NC(=O)Cn1cncn1. The average Bonchev–Trinajstić information content (AvgIpc) is 2.99. The van der Waals surface area contributed by atoms with Crippen molar-refractivity contribution >= 4 is 16.7 Å². The lowest BCUT2D eigenvalue weighted by atomic mass is 10.0. The lowest BCUT2D eigenvalue weighted by Gasteiger charge is -2.14. The molecule has 0 saturated heterocycles. The van der Waals surface area contributed by atoms with E-state index >= 15 is 0 Å². The van der Waals surface area contributed by atoms with Crippen molar-refractivity contribution in [3.05, 3.63) is 60.7 Å². The van der Waals surface area contributed by atoms with Crippen LogP contribution in [0.15, 0.2) is 55.1 Å². The van der Waals surface area contributed by atoms with Crippen LogP contribution >= 0.6 is 0 Å². The van der Waals surface area contributed by atoms with Crippen LogP contribution in [0.1, 0.15) is 12.5 Å². The minimum atomic E-state index is -0.0567. The van der Waals surface area contributed by atoms with Gasteiger partial charge in [-0.3, -0.25) is 4.79 Å². The van der Waals surface area contributed by atoms with Crippen molar-refractivity contribution < 1.29 is 4.79 Å². The van der Waals surface area contributed by atoms with Gasteiger partial charge in [-0.1, -0.05) is 42.5 Å². The summed E-state index contributed by atoms with van der Waals surface area (Å²) in [6, 6.07) is 14.8. The monoisotopic (exact) mass is 294 g/mol. The number of rotatable bonds is 5. The third-order valence-electron chi connectivity index (χ3n) is 3.54. The van der Waals surface area contributed by atoms with Gasteiger partial charge in [-0.05, 0) is 29.7 Å². The maximum absolute atomic E-state index is 11.9. The summed E-state index contributed by atoms with van der Waals surface area (Å²) in [7, 11) is 0. The second-order valence-corrected chi connectivity index (χ2v) is 5.45. The fourth-order valence-electron chi connectivity index (χ4n) is 2.55. The van der Waals surface area contributed by atoms with Gasteiger partial charge < -0.3 is 5.32 Å². The van der Waals surface area contributed by atoms with E-state index < -0.39 is 0 Å². The largest absolute Gasteiger partial charge is 0.352 e. The highest BCUT2D eigenvalue weighted by Gasteiger charge is 2.09. The molecule has 5 heteroatoms. The number of aromatic nitrogens is 3. The van der Waals surface area contributed by atoms with Gasteiger partial charge in [0.2, 0.25) is 5.91 Å². The Balaban J connectivity index is 1.60. The Hall–Kier alpha value is -2.69. The van der Waals surface area contributed by atoms with Gasteiger partial charge in [-0.15, -0.1) is 0 Å². The first-order valence-electron chi connectivity index (χ1n) is 7.30. The number of carbonyl (C=O) groups is 1. The van der Waals surface area contributed by atoms with Crippen LogP contribution in [0.25, 0.3) is 10.8 Å². The molecule has 1 N–H and O–H groups in total. The quantitative estimate of drug-likeness (QED) is 0.784. The summed E-state index contributed by atoms with van der Waals surface area (Å²) >= 11 is 0. The molecule has 3 rings (SSSR count). The van der Waals surface area contributed by atoms with Crippen molar-refractivity contribution in [2.45, 2.75) is 25.9 Å². The Labute approximate surface area is 129 Å². The fraction of sp³-hybridized carbons (Fsp3) is 0.235. The van der Waals surface area contributed by atoms with E-state index in [0.717, 1.165) is 6.42 Å². The molecule has 0 aliphatic rings. The van der Waals surface area contributed by atoms with Gasteiger partial charge in [0.15, 0.2) is 0 Å². The minimum absolute atomic E-state index is 0.0567. The number of fused-ring (bicyclic) bond motifs is 1. The summed E-state index contributed by atoms with van der Waals surface area (Å²) in [6.07, 6.45) is 3.76. The van der Waals surface area contributed by atoms with E-state index in [2.05, 4.69) is 45.7 Å². The molecular weight excluding hydrogens is 276 g/mol. The topological polar surface area (TPSA) is 59.8 Å². The minimum Gasteiger partial charge on any atom is -0.352 e. The molecule has 22 heavy (non-hydrogen) atoms. The van der Waals surface area contributed by atoms with E-state index in [1.54, 1.807) is 0 Å². The number of hydrogen-bond donors (Lipinski definition) is 1. The van der Waals surface area contributed by atoms with E-state index in [4.69, 9.17) is 0 Å². The van der Waals surface area contributed by atoms with Crippen molar-refractivity contribution in [1.29, 1.82) is 0 Å². The van der Waals surface area contributed by atoms with Crippen LogP contribution in [0.5, 0.6) is 0 Å². The van der Waals surface area contributed by atoms with Crippen LogP contribution in [0, 0.1) is 0 Å². The standard InChI is InChI=1S/C17H18N4O/c1-13(20-17(22)10-21-12-18-11-19-21)8-14-6-7-15-4-2-3-5-16(15)9-14/h2-7,9,11-13H,8,10H2,1H3,(H,20,22). The van der Waals surface area contributed by atoms with Gasteiger partial charge in [0.05, 0.1) is 0 Å². The molecule has 0 fully saturated rings. The molecule has 0 aliphatic heterocycles. The molecule has 1 atom stereocenters. The van der Waals surface area contributed by atoms with Crippen molar-refractivity contribution in [3.63, 3.8) is 0 Å². The Bertz CT molecular complexity index is 767. The first-order chi connectivity index (χ1) is 10.7. The maximum Gasteiger partial charge on any atom is 0.242 e. The molecular formula is C17H18N4O. The summed E-state index contributed by atoms with van der Waals surface area (Å²) in [5.41, 5.74) is 1.22. The number of nitrogens with one attached hydrogen (secondary N) is 1.